The van der Waals surface area contributed by atoms with E-state index in [1.54, 1.807) is 5.56 Å². The highest BCUT2D eigenvalue weighted by molar-refractivity contribution is 7.00. The van der Waals surface area contributed by atoms with E-state index in [0.717, 1.165) is 51.0 Å². The van der Waals surface area contributed by atoms with Gasteiger partial charge in [0.1, 0.15) is 5.58 Å². The van der Waals surface area contributed by atoms with Crippen molar-refractivity contribution in [3.05, 3.63) is 203 Å². The van der Waals surface area contributed by atoms with Crippen LogP contribution in [0.1, 0.15) is 186 Å². The number of anilines is 9. The van der Waals surface area contributed by atoms with Crippen molar-refractivity contribution in [3.63, 3.8) is 0 Å². The van der Waals surface area contributed by atoms with E-state index in [4.69, 9.17) is 4.42 Å². The maximum Gasteiger partial charge on any atom is 0.297 e. The predicted molar refractivity (Wildman–Crippen MR) is 357 cm³/mol. The zero-order valence-corrected chi connectivity index (χ0v) is 52.0. The number of furan rings is 1. The second-order valence-corrected chi connectivity index (χ2v) is 30.5. The zero-order chi connectivity index (χ0) is 58.0. The van der Waals surface area contributed by atoms with Gasteiger partial charge in [0.2, 0.25) is 0 Å². The summed E-state index contributed by atoms with van der Waals surface area (Å²) in [5.74, 6) is 2.01. The molecule has 0 radical (unpaired) electrons. The summed E-state index contributed by atoms with van der Waals surface area (Å²) in [5.41, 5.74) is 27.5. The Morgan fingerprint density at radius 1 is 0.500 bits per heavy atom. The second-order valence-electron chi connectivity index (χ2n) is 30.5. The average Bonchev–Trinajstić information content (AvgIpc) is 1.41. The molecule has 3 unspecified atom stereocenters. The van der Waals surface area contributed by atoms with Crippen molar-refractivity contribution < 1.29 is 4.42 Å². The molecule has 424 valence electrons. The van der Waals surface area contributed by atoms with Crippen molar-refractivity contribution in [3.8, 4) is 11.1 Å². The molecule has 4 nitrogen and oxygen atoms in total. The molecule has 0 amide bonds. The number of hydrogen-bond acceptors (Lipinski definition) is 4. The first-order chi connectivity index (χ1) is 40.1. The predicted octanol–water partition coefficient (Wildman–Crippen LogP) is 20.3. The van der Waals surface area contributed by atoms with Crippen LogP contribution in [0.5, 0.6) is 0 Å². The van der Waals surface area contributed by atoms with Crippen LogP contribution in [-0.4, -0.2) is 6.71 Å². The van der Waals surface area contributed by atoms with Crippen molar-refractivity contribution >= 4 is 85.5 Å². The molecule has 4 aliphatic carbocycles. The van der Waals surface area contributed by atoms with Gasteiger partial charge in [-0.05, 0) is 200 Å². The van der Waals surface area contributed by atoms with Crippen LogP contribution in [0.4, 0.5) is 51.2 Å². The van der Waals surface area contributed by atoms with Gasteiger partial charge in [-0.15, -0.1) is 0 Å². The van der Waals surface area contributed by atoms with E-state index >= 15 is 0 Å². The molecular weight excluding hydrogens is 1020 g/mol. The van der Waals surface area contributed by atoms with E-state index in [9.17, 15) is 0 Å². The molecule has 0 saturated heterocycles. The van der Waals surface area contributed by atoms with Crippen LogP contribution >= 0.6 is 0 Å². The molecule has 15 rings (SSSR count). The summed E-state index contributed by atoms with van der Waals surface area (Å²) in [7, 11) is 0. The van der Waals surface area contributed by atoms with Gasteiger partial charge in [0.05, 0.1) is 22.7 Å². The van der Waals surface area contributed by atoms with Gasteiger partial charge in [-0.3, -0.25) is 0 Å². The van der Waals surface area contributed by atoms with Gasteiger partial charge in [0.15, 0.2) is 0 Å². The lowest BCUT2D eigenvalue weighted by Crippen LogP contribution is -2.61. The largest absolute Gasteiger partial charge is 0.468 e. The molecule has 1 aromatic heterocycles. The third-order valence-corrected chi connectivity index (χ3v) is 21.1. The smallest absolute Gasteiger partial charge is 0.297 e. The fourth-order valence-electron chi connectivity index (χ4n) is 16.7. The van der Waals surface area contributed by atoms with Crippen molar-refractivity contribution in [1.29, 1.82) is 0 Å². The Bertz CT molecular complexity index is 4020. The molecule has 3 saturated carbocycles. The SMILES string of the molecule is CC(C)(C)c1ccc(N(c2ccc(C(C)(C)C)cc2)c2cc3c4c(c2)N(c2ccc(C5CCCCC5)cc2)c2c(oc5ccc(C(C)(C)C)cc25)B4c2cc(C(C)(C)C)ccc2N3c2cccc3c2-c2ccccc2C32CC3CCC2C3)cc1. The number of fused-ring (bicyclic) bond motifs is 14. The standard InChI is InChI=1S/C79H84BN3O/c1-75(2,3)52-29-37-57(38-30-52)81(58-39-31-53(32-40-58)76(4,5)6)60-46-68-72-69(47-60)83(67-24-18-23-64-71(67)61-21-16-17-22-63(61)79(64)48-49-25-28-56(79)43-49)66-41-33-55(78(10,11)12)45-65(66)80(72)74-73(62-44-54(77(7,8)9)34-42-70(62)84-74)82(68)59-35-26-51(27-36-59)50-19-14-13-15-20-50/h16-18,21-24,26-27,29-42,44-47,49-50,56H,13-15,19-20,25,28,43,48H2,1-12H3. The lowest BCUT2D eigenvalue weighted by atomic mass is 9.35. The minimum absolute atomic E-state index is 0.000379. The molecule has 0 N–H and O–H groups in total. The van der Waals surface area contributed by atoms with Gasteiger partial charge in [-0.1, -0.05) is 200 Å². The normalized spacial score (nSPS) is 19.9. The summed E-state index contributed by atoms with van der Waals surface area (Å²) in [5, 5.41) is 1.16. The van der Waals surface area contributed by atoms with Crippen LogP contribution in [0, 0.1) is 11.8 Å². The molecule has 6 aliphatic rings. The van der Waals surface area contributed by atoms with E-state index < -0.39 is 0 Å². The molecule has 8 aromatic carbocycles. The summed E-state index contributed by atoms with van der Waals surface area (Å²) in [6.07, 6.45) is 11.7. The van der Waals surface area contributed by atoms with Gasteiger partial charge in [0, 0.05) is 50.5 Å². The Labute approximate surface area is 501 Å². The average molecular weight is 1100 g/mol. The molecule has 2 bridgehead atoms. The fraction of sp³-hybridized carbons (Fsp3) is 0.367. The first-order valence-corrected chi connectivity index (χ1v) is 32.0. The number of rotatable bonds is 6. The highest BCUT2D eigenvalue weighted by atomic mass is 16.3. The monoisotopic (exact) mass is 1100 g/mol. The maximum absolute atomic E-state index is 7.64. The molecule has 84 heavy (non-hydrogen) atoms. The van der Waals surface area contributed by atoms with Crippen LogP contribution in [0.3, 0.4) is 0 Å². The van der Waals surface area contributed by atoms with Gasteiger partial charge >= 0.3 is 0 Å². The summed E-state index contributed by atoms with van der Waals surface area (Å²) in [6.45, 7) is 27.8. The Morgan fingerprint density at radius 2 is 1.10 bits per heavy atom. The Balaban J connectivity index is 1.07. The lowest BCUT2D eigenvalue weighted by molar-refractivity contribution is 0.327. The van der Waals surface area contributed by atoms with Gasteiger partial charge < -0.3 is 19.1 Å². The zero-order valence-electron chi connectivity index (χ0n) is 52.0. The number of nitrogens with zero attached hydrogens (tertiary/aromatic N) is 3. The third kappa shape index (κ3) is 8.27. The summed E-state index contributed by atoms with van der Waals surface area (Å²) in [6, 6.07) is 65.2. The van der Waals surface area contributed by atoms with Gasteiger partial charge in [-0.25, -0.2) is 0 Å². The summed E-state index contributed by atoms with van der Waals surface area (Å²) in [4.78, 5) is 7.90. The Hall–Kier alpha value is -7.24. The van der Waals surface area contributed by atoms with E-state index in [2.05, 4.69) is 262 Å². The molecule has 2 aliphatic heterocycles. The molecule has 9 aromatic rings. The Morgan fingerprint density at radius 3 is 1.71 bits per heavy atom. The van der Waals surface area contributed by atoms with Crippen molar-refractivity contribution in [1.82, 2.24) is 0 Å². The Kier molecular flexibility index (Phi) is 12.0. The first-order valence-electron chi connectivity index (χ1n) is 32.0. The van der Waals surface area contributed by atoms with Crippen molar-refractivity contribution in [2.75, 3.05) is 14.7 Å². The van der Waals surface area contributed by atoms with Gasteiger partial charge in [0.25, 0.3) is 6.71 Å². The highest BCUT2D eigenvalue weighted by Crippen LogP contribution is 2.67. The molecule has 5 heteroatoms. The van der Waals surface area contributed by atoms with E-state index in [-0.39, 0.29) is 33.8 Å². The second kappa shape index (κ2) is 18.9. The van der Waals surface area contributed by atoms with Crippen LogP contribution < -0.4 is 31.3 Å². The first kappa shape index (κ1) is 53.5. The molecule has 3 fully saturated rings. The minimum atomic E-state index is -0.206. The highest BCUT2D eigenvalue weighted by Gasteiger charge is 2.58. The minimum Gasteiger partial charge on any atom is -0.468 e. The summed E-state index contributed by atoms with van der Waals surface area (Å²) >= 11 is 0. The van der Waals surface area contributed by atoms with Crippen molar-refractivity contribution in [2.45, 2.75) is 174 Å². The number of hydrogen-bond donors (Lipinski definition) is 0. The lowest BCUT2D eigenvalue weighted by Gasteiger charge is -2.44. The quantitative estimate of drug-likeness (QED) is 0.155. The molecule has 3 atom stereocenters. The van der Waals surface area contributed by atoms with Crippen molar-refractivity contribution in [2.24, 2.45) is 11.8 Å². The van der Waals surface area contributed by atoms with Crippen LogP contribution in [0.2, 0.25) is 0 Å². The fourth-order valence-corrected chi connectivity index (χ4v) is 16.7. The molecule has 1 spiro atoms. The number of benzene rings is 8. The summed E-state index contributed by atoms with van der Waals surface area (Å²) < 4.78 is 7.64. The molecule has 3 heterocycles. The maximum atomic E-state index is 7.64. The van der Waals surface area contributed by atoms with Crippen LogP contribution in [-0.2, 0) is 27.1 Å². The van der Waals surface area contributed by atoms with E-state index in [1.165, 1.54) is 136 Å². The van der Waals surface area contributed by atoms with Crippen LogP contribution in [0.15, 0.2) is 168 Å². The van der Waals surface area contributed by atoms with E-state index in [1.807, 2.05) is 0 Å². The topological polar surface area (TPSA) is 22.9 Å². The molecular formula is C79H84BN3O. The van der Waals surface area contributed by atoms with Gasteiger partial charge in [-0.2, -0.15) is 0 Å². The van der Waals surface area contributed by atoms with E-state index in [0.29, 0.717) is 11.8 Å². The third-order valence-electron chi connectivity index (χ3n) is 21.1. The van der Waals surface area contributed by atoms with Crippen LogP contribution in [0.25, 0.3) is 22.1 Å².